The summed E-state index contributed by atoms with van der Waals surface area (Å²) in [6.07, 6.45) is 1.31. The van der Waals surface area contributed by atoms with Crippen molar-refractivity contribution in [1.29, 1.82) is 0 Å². The molecule has 0 saturated heterocycles. The van der Waals surface area contributed by atoms with Crippen LogP contribution >= 0.6 is 27.5 Å². The smallest absolute Gasteiger partial charge is 0.257 e. The van der Waals surface area contributed by atoms with Gasteiger partial charge in [-0.15, -0.1) is 0 Å². The van der Waals surface area contributed by atoms with Gasteiger partial charge >= 0.3 is 0 Å². The van der Waals surface area contributed by atoms with Crippen LogP contribution in [-0.2, 0) is 0 Å². The maximum Gasteiger partial charge on any atom is 0.257 e. The van der Waals surface area contributed by atoms with Gasteiger partial charge in [0.2, 0.25) is 0 Å². The van der Waals surface area contributed by atoms with Gasteiger partial charge in [-0.3, -0.25) is 4.79 Å². The van der Waals surface area contributed by atoms with Crippen LogP contribution in [0.4, 0.5) is 15.9 Å². The molecule has 0 radical (unpaired) electrons. The van der Waals surface area contributed by atoms with Gasteiger partial charge in [-0.1, -0.05) is 11.6 Å². The monoisotopic (exact) mass is 358 g/mol. The highest BCUT2D eigenvalue weighted by Gasteiger charge is 2.12. The number of rotatable bonds is 3. The molecule has 1 aromatic heterocycles. The molecule has 20 heavy (non-hydrogen) atoms. The number of nitrogens with one attached hydrogen (secondary N) is 2. The highest BCUT2D eigenvalue weighted by atomic mass is 79.9. The van der Waals surface area contributed by atoms with E-state index in [1.54, 1.807) is 0 Å². The number of pyridine rings is 1. The van der Waals surface area contributed by atoms with E-state index in [9.17, 15) is 9.18 Å². The Morgan fingerprint density at radius 1 is 1.40 bits per heavy atom. The van der Waals surface area contributed by atoms with Gasteiger partial charge in [0.15, 0.2) is 5.82 Å². The Labute approximate surface area is 127 Å². The fraction of sp³-hybridized carbons (Fsp3) is 0. The van der Waals surface area contributed by atoms with Crippen LogP contribution in [0.5, 0.6) is 0 Å². The fourth-order valence-corrected chi connectivity index (χ4v) is 2.02. The summed E-state index contributed by atoms with van der Waals surface area (Å²) in [5.74, 6) is 4.53. The van der Waals surface area contributed by atoms with Crippen molar-refractivity contribution in [3.63, 3.8) is 0 Å². The van der Waals surface area contributed by atoms with Crippen molar-refractivity contribution >= 4 is 44.9 Å². The molecule has 104 valence electrons. The van der Waals surface area contributed by atoms with Crippen molar-refractivity contribution in [1.82, 2.24) is 4.98 Å². The van der Waals surface area contributed by atoms with Crippen molar-refractivity contribution in [2.24, 2.45) is 5.84 Å². The molecule has 2 rings (SSSR count). The summed E-state index contributed by atoms with van der Waals surface area (Å²) in [6.45, 7) is 0. The molecule has 0 fully saturated rings. The van der Waals surface area contributed by atoms with E-state index in [1.165, 1.54) is 30.5 Å². The number of nitrogen functional groups attached to an aromatic ring is 1. The minimum Gasteiger partial charge on any atom is -0.321 e. The molecule has 0 unspecified atom stereocenters. The second kappa shape index (κ2) is 6.17. The van der Waals surface area contributed by atoms with Crippen molar-refractivity contribution in [3.05, 3.63) is 51.3 Å². The van der Waals surface area contributed by atoms with E-state index in [-0.39, 0.29) is 16.4 Å². The Hall–Kier alpha value is -1.70. The summed E-state index contributed by atoms with van der Waals surface area (Å²) in [6, 6.07) is 5.39. The van der Waals surface area contributed by atoms with E-state index in [0.29, 0.717) is 10.2 Å². The third-order valence-electron chi connectivity index (χ3n) is 2.42. The maximum absolute atomic E-state index is 13.1. The van der Waals surface area contributed by atoms with Crippen molar-refractivity contribution < 1.29 is 9.18 Å². The lowest BCUT2D eigenvalue weighted by molar-refractivity contribution is 0.102. The summed E-state index contributed by atoms with van der Waals surface area (Å²) in [7, 11) is 0. The quantitative estimate of drug-likeness (QED) is 0.581. The molecule has 0 aliphatic rings. The van der Waals surface area contributed by atoms with Gasteiger partial charge < -0.3 is 10.7 Å². The molecule has 4 N–H and O–H groups in total. The molecule has 0 bridgehead atoms. The topological polar surface area (TPSA) is 80.0 Å². The number of nitrogens with zero attached hydrogens (tertiary/aromatic N) is 1. The van der Waals surface area contributed by atoms with E-state index in [2.05, 4.69) is 31.7 Å². The fourth-order valence-electron chi connectivity index (χ4n) is 1.46. The van der Waals surface area contributed by atoms with Crippen LogP contribution in [0.25, 0.3) is 0 Å². The minimum absolute atomic E-state index is 0.207. The Morgan fingerprint density at radius 2 is 2.15 bits per heavy atom. The van der Waals surface area contributed by atoms with E-state index in [4.69, 9.17) is 17.4 Å². The van der Waals surface area contributed by atoms with E-state index in [0.717, 1.165) is 0 Å². The van der Waals surface area contributed by atoms with Gasteiger partial charge in [0.05, 0.1) is 16.3 Å². The van der Waals surface area contributed by atoms with Crippen LogP contribution in [-0.4, -0.2) is 10.9 Å². The predicted molar refractivity (Wildman–Crippen MR) is 79.1 cm³/mol. The van der Waals surface area contributed by atoms with Crippen LogP contribution in [0.2, 0.25) is 5.02 Å². The normalized spacial score (nSPS) is 10.2. The second-order valence-electron chi connectivity index (χ2n) is 3.78. The summed E-state index contributed by atoms with van der Waals surface area (Å²) < 4.78 is 13.7. The highest BCUT2D eigenvalue weighted by molar-refractivity contribution is 9.10. The molecule has 0 saturated carbocycles. The highest BCUT2D eigenvalue weighted by Crippen LogP contribution is 2.24. The lowest BCUT2D eigenvalue weighted by Gasteiger charge is -2.08. The lowest BCUT2D eigenvalue weighted by atomic mass is 10.2. The molecule has 5 nitrogen and oxygen atoms in total. The van der Waals surface area contributed by atoms with Gasteiger partial charge in [-0.2, -0.15) is 0 Å². The third kappa shape index (κ3) is 3.24. The average Bonchev–Trinajstić information content (AvgIpc) is 2.42. The molecule has 0 aliphatic carbocycles. The number of carbonyl (C=O) groups is 1. The minimum atomic E-state index is -0.464. The van der Waals surface area contributed by atoms with Gasteiger partial charge in [0, 0.05) is 10.7 Å². The summed E-state index contributed by atoms with van der Waals surface area (Å²) in [4.78, 5) is 15.9. The molecule has 2 aromatic rings. The van der Waals surface area contributed by atoms with Crippen LogP contribution < -0.4 is 16.6 Å². The van der Waals surface area contributed by atoms with Crippen molar-refractivity contribution in [3.8, 4) is 0 Å². The first-order chi connectivity index (χ1) is 9.51. The van der Waals surface area contributed by atoms with Gasteiger partial charge in [-0.25, -0.2) is 15.2 Å². The number of nitrogens with two attached hydrogens (primary N) is 1. The maximum atomic E-state index is 13.1. The average molecular weight is 360 g/mol. The number of hydrazine groups is 1. The molecule has 1 amide bonds. The zero-order chi connectivity index (χ0) is 14.7. The Kier molecular flexibility index (Phi) is 4.53. The number of hydrogen-bond donors (Lipinski definition) is 3. The number of halogens is 3. The van der Waals surface area contributed by atoms with Crippen LogP contribution in [0.3, 0.4) is 0 Å². The summed E-state index contributed by atoms with van der Waals surface area (Å²) in [5.41, 5.74) is 2.83. The summed E-state index contributed by atoms with van der Waals surface area (Å²) >= 11 is 9.10. The van der Waals surface area contributed by atoms with Gasteiger partial charge in [-0.05, 0) is 40.2 Å². The number of hydrogen-bond acceptors (Lipinski definition) is 4. The van der Waals surface area contributed by atoms with Crippen LogP contribution in [0.15, 0.2) is 34.9 Å². The number of carbonyl (C=O) groups excluding carboxylic acids is 1. The number of anilines is 2. The predicted octanol–water partition coefficient (Wildman–Crippen LogP) is 3.17. The standard InChI is InChI=1S/C12H9BrClFN4O/c13-8-2-1-7(15)4-10(8)18-12(20)6-3-9(14)11(19-16)17-5-6/h1-5H,16H2,(H,17,19)(H,18,20). The first kappa shape index (κ1) is 14.7. The number of amides is 1. The molecule has 0 spiro atoms. The van der Waals surface area contributed by atoms with Crippen molar-refractivity contribution in [2.45, 2.75) is 0 Å². The molecule has 0 aliphatic heterocycles. The SMILES string of the molecule is NNc1ncc(C(=O)Nc2cc(F)ccc2Br)cc1Cl. The molecule has 0 atom stereocenters. The Morgan fingerprint density at radius 3 is 2.80 bits per heavy atom. The molecule has 1 heterocycles. The molecular weight excluding hydrogens is 351 g/mol. The van der Waals surface area contributed by atoms with E-state index < -0.39 is 11.7 Å². The Bertz CT molecular complexity index is 668. The molecule has 8 heteroatoms. The molecule has 1 aromatic carbocycles. The zero-order valence-electron chi connectivity index (χ0n) is 9.95. The first-order valence-electron chi connectivity index (χ1n) is 5.40. The van der Waals surface area contributed by atoms with Gasteiger partial charge in [0.25, 0.3) is 5.91 Å². The largest absolute Gasteiger partial charge is 0.321 e. The van der Waals surface area contributed by atoms with Crippen LogP contribution in [0, 0.1) is 5.82 Å². The van der Waals surface area contributed by atoms with Gasteiger partial charge in [0.1, 0.15) is 5.82 Å². The van der Waals surface area contributed by atoms with E-state index >= 15 is 0 Å². The molecular formula is C12H9BrClFN4O. The van der Waals surface area contributed by atoms with Crippen molar-refractivity contribution in [2.75, 3.05) is 10.7 Å². The Balaban J connectivity index is 2.24. The number of aromatic nitrogens is 1. The van der Waals surface area contributed by atoms with Crippen LogP contribution in [0.1, 0.15) is 10.4 Å². The zero-order valence-corrected chi connectivity index (χ0v) is 12.3. The summed E-state index contributed by atoms with van der Waals surface area (Å²) in [5, 5.41) is 2.76. The third-order valence-corrected chi connectivity index (χ3v) is 3.40. The lowest BCUT2D eigenvalue weighted by Crippen LogP contribution is -2.14. The first-order valence-corrected chi connectivity index (χ1v) is 6.57. The second-order valence-corrected chi connectivity index (χ2v) is 5.04. The number of benzene rings is 1. The van der Waals surface area contributed by atoms with E-state index in [1.807, 2.05) is 0 Å².